The van der Waals surface area contributed by atoms with Crippen LogP contribution < -0.4 is 5.32 Å². The molecule has 1 atom stereocenters. The molecule has 1 aromatic heterocycles. The summed E-state index contributed by atoms with van der Waals surface area (Å²) in [5, 5.41) is 3.22. The van der Waals surface area contributed by atoms with Crippen LogP contribution in [0.25, 0.3) is 0 Å². The highest BCUT2D eigenvalue weighted by Gasteiger charge is 2.47. The van der Waals surface area contributed by atoms with Gasteiger partial charge in [-0.05, 0) is 92.1 Å². The fraction of sp³-hybridized carbons (Fsp3) is 0.405. The number of halogens is 1. The number of benzene rings is 1. The predicted molar refractivity (Wildman–Crippen MR) is 177 cm³/mol. The third kappa shape index (κ3) is 7.49. The lowest BCUT2D eigenvalue weighted by Crippen LogP contribution is -2.35. The van der Waals surface area contributed by atoms with Crippen LogP contribution in [0.5, 0.6) is 0 Å². The minimum absolute atomic E-state index is 0.151. The summed E-state index contributed by atoms with van der Waals surface area (Å²) in [5.74, 6) is 0.517. The van der Waals surface area contributed by atoms with Gasteiger partial charge in [-0.2, -0.15) is 0 Å². The summed E-state index contributed by atoms with van der Waals surface area (Å²) < 4.78 is 20.4. The van der Waals surface area contributed by atoms with Crippen molar-refractivity contribution in [2.75, 3.05) is 14.1 Å². The summed E-state index contributed by atoms with van der Waals surface area (Å²) >= 11 is 0. The Morgan fingerprint density at radius 1 is 1.11 bits per heavy atom. The molecule has 2 aliphatic heterocycles. The summed E-state index contributed by atoms with van der Waals surface area (Å²) in [6.45, 7) is 9.71. The molecule has 1 saturated carbocycles. The maximum absolute atomic E-state index is 14.0. The van der Waals surface area contributed by atoms with Gasteiger partial charge in [0.2, 0.25) is 0 Å². The fourth-order valence-corrected chi connectivity index (χ4v) is 5.49. The Labute approximate surface area is 266 Å². The average Bonchev–Trinajstić information content (AvgIpc) is 3.86. The zero-order valence-electron chi connectivity index (χ0n) is 27.5. The molecule has 1 fully saturated rings. The number of carbonyl (C=O) groups excluding carboxylic acids is 2. The average molecular weight is 613 g/mol. The number of aliphatic imine (C=N–C) groups is 1. The number of likely N-dealkylation sites (N-methyl/N-ethyl adjacent to an activating group) is 1. The minimum atomic E-state index is -0.423. The number of amides is 2. The molecule has 0 radical (unpaired) electrons. The normalized spacial score (nSPS) is 18.8. The number of hydrogen-bond acceptors (Lipinski definition) is 5. The molecule has 0 saturated heterocycles. The molecule has 3 heterocycles. The number of ether oxygens (including phenoxy) is 1. The number of carbonyl (C=O) groups is 2. The lowest BCUT2D eigenvalue weighted by molar-refractivity contribution is -0.124. The second kappa shape index (κ2) is 14.6. The van der Waals surface area contributed by atoms with Gasteiger partial charge in [0.05, 0.1) is 28.8 Å². The molecule has 8 heteroatoms. The maximum atomic E-state index is 14.0. The third-order valence-electron chi connectivity index (χ3n) is 8.23. The summed E-state index contributed by atoms with van der Waals surface area (Å²) in [5.41, 5.74) is 4.69. The number of aryl methyl sites for hydroxylation is 1. The van der Waals surface area contributed by atoms with E-state index in [1.165, 1.54) is 11.0 Å². The number of rotatable bonds is 9. The van der Waals surface area contributed by atoms with Crippen LogP contribution in [0.15, 0.2) is 94.3 Å². The quantitative estimate of drug-likeness (QED) is 0.291. The molecule has 0 spiro atoms. The van der Waals surface area contributed by atoms with Crippen molar-refractivity contribution in [3.05, 3.63) is 112 Å². The fourth-order valence-electron chi connectivity index (χ4n) is 5.49. The van der Waals surface area contributed by atoms with Gasteiger partial charge in [0.25, 0.3) is 11.8 Å². The van der Waals surface area contributed by atoms with Crippen molar-refractivity contribution in [2.45, 2.75) is 84.7 Å². The van der Waals surface area contributed by atoms with Crippen LogP contribution in [-0.2, 0) is 15.1 Å². The monoisotopic (exact) mass is 612 g/mol. The predicted octanol–water partition coefficient (Wildman–Crippen LogP) is 7.97. The van der Waals surface area contributed by atoms with Crippen molar-refractivity contribution in [3.8, 4) is 0 Å². The first kappa shape index (κ1) is 33.6. The van der Waals surface area contributed by atoms with Crippen molar-refractivity contribution in [2.24, 2.45) is 4.99 Å². The number of hydrogen-bond donors (Lipinski definition) is 1. The second-order valence-corrected chi connectivity index (χ2v) is 11.5. The van der Waals surface area contributed by atoms with E-state index >= 15 is 0 Å². The first-order valence-corrected chi connectivity index (χ1v) is 16.0. The van der Waals surface area contributed by atoms with Gasteiger partial charge >= 0.3 is 0 Å². The summed E-state index contributed by atoms with van der Waals surface area (Å²) in [4.78, 5) is 38.2. The summed E-state index contributed by atoms with van der Waals surface area (Å²) in [6, 6.07) is 11.1. The topological polar surface area (TPSA) is 83.9 Å². The third-order valence-corrected chi connectivity index (χ3v) is 8.23. The molecular weight excluding hydrogens is 567 g/mol. The van der Waals surface area contributed by atoms with Crippen molar-refractivity contribution < 1.29 is 18.7 Å². The molecular formula is C37H45FN4O3. The van der Waals surface area contributed by atoms with Crippen LogP contribution >= 0.6 is 0 Å². The highest BCUT2D eigenvalue weighted by molar-refractivity contribution is 6.23. The van der Waals surface area contributed by atoms with E-state index in [1.807, 2.05) is 70.2 Å². The zero-order chi connectivity index (χ0) is 32.7. The molecule has 45 heavy (non-hydrogen) atoms. The molecule has 2 amide bonds. The number of aromatic nitrogens is 1. The van der Waals surface area contributed by atoms with Gasteiger partial charge in [-0.25, -0.2) is 4.39 Å². The van der Waals surface area contributed by atoms with Gasteiger partial charge in [0.15, 0.2) is 0 Å². The van der Waals surface area contributed by atoms with E-state index in [9.17, 15) is 14.0 Å². The molecule has 2 bridgehead atoms. The molecule has 1 aliphatic carbocycles. The van der Waals surface area contributed by atoms with Gasteiger partial charge < -0.3 is 15.0 Å². The van der Waals surface area contributed by atoms with E-state index in [2.05, 4.69) is 10.3 Å². The van der Waals surface area contributed by atoms with Crippen molar-refractivity contribution in [1.29, 1.82) is 0 Å². The van der Waals surface area contributed by atoms with Gasteiger partial charge in [-0.3, -0.25) is 19.6 Å². The van der Waals surface area contributed by atoms with Gasteiger partial charge in [-0.1, -0.05) is 45.9 Å². The van der Waals surface area contributed by atoms with Crippen molar-refractivity contribution in [1.82, 2.24) is 15.2 Å². The van der Waals surface area contributed by atoms with Crippen LogP contribution in [-0.4, -0.2) is 41.5 Å². The minimum Gasteiger partial charge on any atom is -0.460 e. The van der Waals surface area contributed by atoms with E-state index < -0.39 is 5.54 Å². The van der Waals surface area contributed by atoms with Crippen molar-refractivity contribution >= 4 is 17.5 Å². The van der Waals surface area contributed by atoms with Crippen LogP contribution in [0.3, 0.4) is 0 Å². The zero-order valence-corrected chi connectivity index (χ0v) is 27.5. The number of allylic oxidation sites excluding steroid dienone is 5. The number of nitrogens with zero attached hydrogens (tertiary/aromatic N) is 3. The molecule has 1 N–H and O–H groups in total. The Morgan fingerprint density at radius 2 is 1.87 bits per heavy atom. The largest absolute Gasteiger partial charge is 0.460 e. The first-order chi connectivity index (χ1) is 21.7. The second-order valence-electron chi connectivity index (χ2n) is 11.5. The Morgan fingerprint density at radius 3 is 2.49 bits per heavy atom. The highest BCUT2D eigenvalue weighted by atomic mass is 19.1. The van der Waals surface area contributed by atoms with E-state index in [0.717, 1.165) is 35.2 Å². The maximum Gasteiger partial charge on any atom is 0.259 e. The molecule has 3 aliphatic rings. The summed E-state index contributed by atoms with van der Waals surface area (Å²) in [7, 11) is 3.39. The Kier molecular flexibility index (Phi) is 10.9. The van der Waals surface area contributed by atoms with Gasteiger partial charge in [-0.15, -0.1) is 0 Å². The van der Waals surface area contributed by atoms with Gasteiger partial charge in [0, 0.05) is 32.3 Å². The van der Waals surface area contributed by atoms with Crippen LogP contribution in [0.1, 0.15) is 99.4 Å². The number of fused-ring (bicyclic) bond motifs is 2. The van der Waals surface area contributed by atoms with Gasteiger partial charge in [0.1, 0.15) is 17.1 Å². The number of nitrogens with one attached hydrogen (secondary N) is 1. The SMILES string of the molecule is CC.CC/C(F)=C\C=C(/CC)C1=C(C(=O)N(C)C)C2=NC(c3cc(C(=O)NC4(c5ccccn5)CC4)ccc3C)CC=C(C2)O1. The molecule has 1 aromatic carbocycles. The van der Waals surface area contributed by atoms with Crippen LogP contribution in [0.4, 0.5) is 4.39 Å². The lowest BCUT2D eigenvalue weighted by atomic mass is 9.95. The first-order valence-electron chi connectivity index (χ1n) is 16.0. The van der Waals surface area contributed by atoms with E-state index in [1.54, 1.807) is 33.3 Å². The van der Waals surface area contributed by atoms with E-state index in [4.69, 9.17) is 9.73 Å². The Hall–Kier alpha value is -4.33. The standard InChI is InChI=1S/C35H39FN4O3.C2H6/c1-6-23(13-14-25(36)7-2)32-31(34(42)40(4)5)29-21-26(43-32)15-16-28(38-29)27-20-24(12-11-22(27)3)33(41)39-35(17-18-35)30-10-8-9-19-37-30;1-2/h8-15,19-20,28H,6-7,16-18,21H2,1-5H3,(H,39,41);1-2H3/b23-13+,25-14+;. The van der Waals surface area contributed by atoms with E-state index in [-0.39, 0.29) is 30.1 Å². The summed E-state index contributed by atoms with van der Waals surface area (Å²) in [6.07, 6.45) is 10.4. The highest BCUT2D eigenvalue weighted by Crippen LogP contribution is 2.45. The molecule has 238 valence electrons. The Balaban J connectivity index is 0.00000226. The molecule has 7 nitrogen and oxygen atoms in total. The van der Waals surface area contributed by atoms with Crippen molar-refractivity contribution in [3.63, 3.8) is 0 Å². The molecule has 2 aromatic rings. The van der Waals surface area contributed by atoms with Crippen LogP contribution in [0, 0.1) is 6.92 Å². The molecule has 1 unspecified atom stereocenters. The Bertz CT molecular complexity index is 1580. The smallest absolute Gasteiger partial charge is 0.259 e. The number of pyridine rings is 1. The van der Waals surface area contributed by atoms with E-state index in [0.29, 0.717) is 47.6 Å². The lowest BCUT2D eigenvalue weighted by Gasteiger charge is -2.26. The molecule has 5 rings (SSSR count). The van der Waals surface area contributed by atoms with Crippen LogP contribution in [0.2, 0.25) is 0 Å².